The lowest BCUT2D eigenvalue weighted by Gasteiger charge is -2.27. The summed E-state index contributed by atoms with van der Waals surface area (Å²) < 4.78 is 0. The normalized spacial score (nSPS) is 13.4. The maximum Gasteiger partial charge on any atom is 0.252 e. The number of amides is 1. The molecule has 0 heterocycles. The Morgan fingerprint density at radius 3 is 2.58 bits per heavy atom. The van der Waals surface area contributed by atoms with Crippen molar-refractivity contribution >= 4 is 29.5 Å². The van der Waals surface area contributed by atoms with Crippen molar-refractivity contribution in [1.82, 2.24) is 5.32 Å². The second-order valence-electron chi connectivity index (χ2n) is 4.43. The highest BCUT2D eigenvalue weighted by molar-refractivity contribution is 6.29. The predicted octanol–water partition coefficient (Wildman–Crippen LogP) is 2.39. The van der Waals surface area contributed by atoms with Gasteiger partial charge in [-0.3, -0.25) is 9.59 Å². The predicted molar refractivity (Wildman–Crippen MR) is 76.2 cm³/mol. The van der Waals surface area contributed by atoms with E-state index >= 15 is 0 Å². The molecule has 1 aromatic rings. The van der Waals surface area contributed by atoms with Gasteiger partial charge in [-0.25, -0.2) is 0 Å². The molecule has 0 saturated carbocycles. The molecule has 0 fully saturated rings. The molecule has 0 radical (unpaired) electrons. The quantitative estimate of drug-likeness (QED) is 0.620. The molecule has 0 spiro atoms. The third-order valence-electron chi connectivity index (χ3n) is 3.19. The second-order valence-corrected chi connectivity index (χ2v) is 4.70. The molecule has 1 amide bonds. The number of halogens is 1. The minimum Gasteiger partial charge on any atom is -0.340 e. The van der Waals surface area contributed by atoms with Crippen LogP contribution in [0, 0.1) is 5.41 Å². The maximum atomic E-state index is 12.2. The van der Waals surface area contributed by atoms with E-state index in [-0.39, 0.29) is 17.6 Å². The van der Waals surface area contributed by atoms with E-state index in [1.165, 1.54) is 0 Å². The Labute approximate surface area is 117 Å². The fourth-order valence-corrected chi connectivity index (χ4v) is 1.95. The maximum absolute atomic E-state index is 12.2. The third kappa shape index (κ3) is 3.41. The lowest BCUT2D eigenvalue weighted by Crippen LogP contribution is -2.52. The van der Waals surface area contributed by atoms with E-state index in [2.05, 4.69) is 5.32 Å². The number of rotatable bonds is 6. The van der Waals surface area contributed by atoms with Gasteiger partial charge in [-0.05, 0) is 19.4 Å². The molecule has 0 saturated heterocycles. The van der Waals surface area contributed by atoms with E-state index in [0.717, 1.165) is 6.21 Å². The Morgan fingerprint density at radius 1 is 1.42 bits per heavy atom. The fourth-order valence-electron chi connectivity index (χ4n) is 1.65. The van der Waals surface area contributed by atoms with Gasteiger partial charge >= 0.3 is 0 Å². The lowest BCUT2D eigenvalue weighted by molar-refractivity contribution is -0.122. The van der Waals surface area contributed by atoms with E-state index in [9.17, 15) is 9.59 Å². The van der Waals surface area contributed by atoms with Crippen LogP contribution in [0.3, 0.4) is 0 Å². The zero-order chi connectivity index (χ0) is 14.5. The van der Waals surface area contributed by atoms with Crippen LogP contribution in [-0.2, 0) is 4.79 Å². The van der Waals surface area contributed by atoms with Crippen molar-refractivity contribution in [3.05, 3.63) is 35.4 Å². The highest BCUT2D eigenvalue weighted by Gasteiger charge is 2.32. The van der Waals surface area contributed by atoms with Gasteiger partial charge in [-0.15, -0.1) is 11.6 Å². The Morgan fingerprint density at radius 2 is 2.05 bits per heavy atom. The van der Waals surface area contributed by atoms with E-state index in [1.807, 2.05) is 6.92 Å². The molecule has 0 bridgehead atoms. The van der Waals surface area contributed by atoms with Gasteiger partial charge < -0.3 is 10.7 Å². The van der Waals surface area contributed by atoms with Gasteiger partial charge in [0.1, 0.15) is 0 Å². The minimum atomic E-state index is -0.978. The summed E-state index contributed by atoms with van der Waals surface area (Å²) in [5.41, 5.74) is -0.0927. The molecule has 1 rings (SSSR count). The standard InChI is InChI=1S/C14H17ClN2O2/c1-3-14(2,12(18)8-15)17-13(19)11-7-5-4-6-10(11)9-16/h4-7,9,16H,3,8H2,1-2H3,(H,17,19). The molecule has 1 unspecified atom stereocenters. The van der Waals surface area contributed by atoms with Gasteiger partial charge in [-0.1, -0.05) is 25.1 Å². The van der Waals surface area contributed by atoms with Crippen molar-refractivity contribution in [2.24, 2.45) is 0 Å². The van der Waals surface area contributed by atoms with Crippen molar-refractivity contribution in [3.8, 4) is 0 Å². The molecule has 0 aliphatic heterocycles. The summed E-state index contributed by atoms with van der Waals surface area (Å²) in [6, 6.07) is 6.76. The van der Waals surface area contributed by atoms with Crippen LogP contribution in [0.5, 0.6) is 0 Å². The molecule has 0 aliphatic rings. The van der Waals surface area contributed by atoms with Crippen molar-refractivity contribution in [2.75, 3.05) is 5.88 Å². The number of carbonyl (C=O) groups is 2. The molecule has 19 heavy (non-hydrogen) atoms. The molecule has 1 atom stereocenters. The zero-order valence-corrected chi connectivity index (χ0v) is 11.8. The number of ketones is 1. The largest absolute Gasteiger partial charge is 0.340 e. The summed E-state index contributed by atoms with van der Waals surface area (Å²) in [7, 11) is 0. The number of nitrogens with one attached hydrogen (secondary N) is 2. The Kier molecular flexibility index (Phi) is 5.24. The van der Waals surface area contributed by atoms with Crippen molar-refractivity contribution in [2.45, 2.75) is 25.8 Å². The smallest absolute Gasteiger partial charge is 0.252 e. The van der Waals surface area contributed by atoms with Gasteiger partial charge in [0.05, 0.1) is 11.4 Å². The average Bonchev–Trinajstić information content (AvgIpc) is 2.45. The van der Waals surface area contributed by atoms with Gasteiger partial charge in [-0.2, -0.15) is 0 Å². The van der Waals surface area contributed by atoms with Crippen molar-refractivity contribution < 1.29 is 9.59 Å². The summed E-state index contributed by atoms with van der Waals surface area (Å²) in [6.07, 6.45) is 1.57. The van der Waals surface area contributed by atoms with E-state index in [1.54, 1.807) is 31.2 Å². The van der Waals surface area contributed by atoms with Crippen molar-refractivity contribution in [1.29, 1.82) is 5.41 Å². The zero-order valence-electron chi connectivity index (χ0n) is 11.0. The summed E-state index contributed by atoms with van der Waals surface area (Å²) in [4.78, 5) is 24.0. The van der Waals surface area contributed by atoms with Crippen LogP contribution in [0.4, 0.5) is 0 Å². The summed E-state index contributed by atoms with van der Waals surface area (Å²) in [5.74, 6) is -0.740. The van der Waals surface area contributed by atoms with Crippen LogP contribution in [0.1, 0.15) is 36.2 Å². The first-order valence-corrected chi connectivity index (χ1v) is 6.53. The number of hydrogen-bond donors (Lipinski definition) is 2. The van der Waals surface area contributed by atoms with Gasteiger partial charge in [0, 0.05) is 17.3 Å². The summed E-state index contributed by atoms with van der Waals surface area (Å²) in [5, 5.41) is 9.99. The average molecular weight is 281 g/mol. The van der Waals surface area contributed by atoms with Gasteiger partial charge in [0.25, 0.3) is 5.91 Å². The highest BCUT2D eigenvalue weighted by atomic mass is 35.5. The SMILES string of the molecule is CCC(C)(NC(=O)c1ccccc1C=N)C(=O)CCl. The monoisotopic (exact) mass is 280 g/mol. The van der Waals surface area contributed by atoms with E-state index < -0.39 is 5.54 Å². The Hall–Kier alpha value is -1.68. The molecule has 5 heteroatoms. The molecular formula is C14H17ClN2O2. The first-order chi connectivity index (χ1) is 8.98. The third-order valence-corrected chi connectivity index (χ3v) is 3.44. The van der Waals surface area contributed by atoms with Gasteiger partial charge in [0.15, 0.2) is 5.78 Å². The number of benzene rings is 1. The van der Waals surface area contributed by atoms with Crippen LogP contribution >= 0.6 is 11.6 Å². The molecule has 1 aromatic carbocycles. The van der Waals surface area contributed by atoms with Gasteiger partial charge in [0.2, 0.25) is 0 Å². The molecular weight excluding hydrogens is 264 g/mol. The summed E-state index contributed by atoms with van der Waals surface area (Å²) in [6.45, 7) is 3.47. The first-order valence-electron chi connectivity index (χ1n) is 5.99. The number of alkyl halides is 1. The molecule has 4 nitrogen and oxygen atoms in total. The molecule has 2 N–H and O–H groups in total. The van der Waals surface area contributed by atoms with Crippen molar-refractivity contribution in [3.63, 3.8) is 0 Å². The molecule has 0 aliphatic carbocycles. The molecule has 102 valence electrons. The first kappa shape index (κ1) is 15.4. The number of hydrogen-bond acceptors (Lipinski definition) is 3. The number of Topliss-reactive ketones (excluding diaryl/α,β-unsaturated/α-hetero) is 1. The van der Waals surface area contributed by atoms with Crippen LogP contribution < -0.4 is 5.32 Å². The summed E-state index contributed by atoms with van der Waals surface area (Å²) >= 11 is 5.57. The van der Waals surface area contributed by atoms with Crippen LogP contribution in [-0.4, -0.2) is 29.3 Å². The minimum absolute atomic E-state index is 0.142. The highest BCUT2D eigenvalue weighted by Crippen LogP contribution is 2.14. The van der Waals surface area contributed by atoms with E-state index in [0.29, 0.717) is 17.5 Å². The fraction of sp³-hybridized carbons (Fsp3) is 0.357. The Bertz CT molecular complexity index is 502. The Balaban J connectivity index is 3.01. The van der Waals surface area contributed by atoms with Crippen LogP contribution in [0.15, 0.2) is 24.3 Å². The van der Waals surface area contributed by atoms with Crippen LogP contribution in [0.2, 0.25) is 0 Å². The molecule has 0 aromatic heterocycles. The second kappa shape index (κ2) is 6.48. The van der Waals surface area contributed by atoms with Crippen LogP contribution in [0.25, 0.3) is 0 Å². The van der Waals surface area contributed by atoms with E-state index in [4.69, 9.17) is 17.0 Å². The number of carbonyl (C=O) groups excluding carboxylic acids is 2. The topological polar surface area (TPSA) is 70.0 Å². The lowest BCUT2D eigenvalue weighted by atomic mass is 9.93.